The van der Waals surface area contributed by atoms with E-state index in [2.05, 4.69) is 36.3 Å². The lowest BCUT2D eigenvalue weighted by Crippen LogP contribution is -2.17. The fraction of sp³-hybridized carbons (Fsp3) is 0.333. The molecule has 0 saturated heterocycles. The lowest BCUT2D eigenvalue weighted by atomic mass is 10.0. The number of H-pyrrole nitrogens is 1. The first-order valence-electron chi connectivity index (χ1n) is 5.06. The zero-order valence-corrected chi connectivity index (χ0v) is 8.30. The maximum absolute atomic E-state index is 6.21. The van der Waals surface area contributed by atoms with Crippen molar-refractivity contribution in [1.82, 2.24) is 4.98 Å². The molecule has 0 unspecified atom stereocenters. The van der Waals surface area contributed by atoms with Crippen LogP contribution in [0.2, 0.25) is 0 Å². The monoisotopic (exact) mass is 186 g/mol. The van der Waals surface area contributed by atoms with Gasteiger partial charge in [-0.25, -0.2) is 0 Å². The summed E-state index contributed by atoms with van der Waals surface area (Å²) < 4.78 is 0. The molecule has 2 nitrogen and oxygen atoms in total. The number of aryl methyl sites for hydroxylation is 1. The first-order chi connectivity index (χ1) is 6.69. The number of rotatable bonds is 1. The lowest BCUT2D eigenvalue weighted by Gasteiger charge is -2.06. The van der Waals surface area contributed by atoms with E-state index in [1.54, 1.807) is 0 Å². The van der Waals surface area contributed by atoms with Crippen molar-refractivity contribution in [2.75, 3.05) is 0 Å². The summed E-state index contributed by atoms with van der Waals surface area (Å²) in [7, 11) is 0. The minimum atomic E-state index is -0.0357. The van der Waals surface area contributed by atoms with Crippen LogP contribution in [0.5, 0.6) is 0 Å². The topological polar surface area (TPSA) is 41.8 Å². The molecule has 2 heteroatoms. The third kappa shape index (κ3) is 1.01. The highest BCUT2D eigenvalue weighted by Gasteiger charge is 2.41. The maximum atomic E-state index is 6.21. The van der Waals surface area contributed by atoms with Crippen molar-refractivity contribution in [3.63, 3.8) is 0 Å². The van der Waals surface area contributed by atoms with Gasteiger partial charge in [0.05, 0.1) is 0 Å². The van der Waals surface area contributed by atoms with Gasteiger partial charge >= 0.3 is 0 Å². The Morgan fingerprint density at radius 3 is 2.86 bits per heavy atom. The normalized spacial score (nSPS) is 18.7. The van der Waals surface area contributed by atoms with Crippen LogP contribution in [0.1, 0.15) is 24.0 Å². The first kappa shape index (κ1) is 8.06. The summed E-state index contributed by atoms with van der Waals surface area (Å²) in [6.07, 6.45) is 4.30. The van der Waals surface area contributed by atoms with Gasteiger partial charge in [0, 0.05) is 22.6 Å². The Bertz CT molecular complexity index is 492. The average Bonchev–Trinajstić information content (AvgIpc) is 2.77. The predicted octanol–water partition coefficient (Wildman–Crippen LogP) is 2.42. The molecule has 0 bridgehead atoms. The molecule has 3 rings (SSSR count). The number of benzene rings is 1. The largest absolute Gasteiger partial charge is 0.361 e. The van der Waals surface area contributed by atoms with Gasteiger partial charge in [0.1, 0.15) is 0 Å². The van der Waals surface area contributed by atoms with Crippen LogP contribution in [0, 0.1) is 6.92 Å². The Balaban J connectivity index is 2.29. The zero-order chi connectivity index (χ0) is 9.76. The van der Waals surface area contributed by atoms with Crippen LogP contribution < -0.4 is 5.73 Å². The Labute approximate surface area is 83.1 Å². The molecular weight excluding hydrogens is 172 g/mol. The molecule has 1 aromatic heterocycles. The summed E-state index contributed by atoms with van der Waals surface area (Å²) in [5.74, 6) is 0. The highest BCUT2D eigenvalue weighted by Crippen LogP contribution is 2.45. The number of fused-ring (bicyclic) bond motifs is 1. The van der Waals surface area contributed by atoms with E-state index in [-0.39, 0.29) is 5.54 Å². The lowest BCUT2D eigenvalue weighted by molar-refractivity contribution is 0.747. The van der Waals surface area contributed by atoms with Crippen molar-refractivity contribution in [3.8, 4) is 0 Å². The van der Waals surface area contributed by atoms with Crippen LogP contribution in [-0.2, 0) is 5.54 Å². The van der Waals surface area contributed by atoms with Gasteiger partial charge in [-0.2, -0.15) is 0 Å². The summed E-state index contributed by atoms with van der Waals surface area (Å²) in [5, 5.41) is 1.30. The quantitative estimate of drug-likeness (QED) is 0.705. The highest BCUT2D eigenvalue weighted by molar-refractivity contribution is 5.85. The molecule has 0 spiro atoms. The van der Waals surface area contributed by atoms with E-state index in [9.17, 15) is 0 Å². The Hall–Kier alpha value is -1.28. The van der Waals surface area contributed by atoms with Crippen molar-refractivity contribution in [1.29, 1.82) is 0 Å². The molecule has 0 atom stereocenters. The van der Waals surface area contributed by atoms with Crippen LogP contribution in [0.25, 0.3) is 10.9 Å². The fourth-order valence-corrected chi connectivity index (χ4v) is 2.05. The van der Waals surface area contributed by atoms with E-state index in [4.69, 9.17) is 5.73 Å². The smallest absolute Gasteiger partial charge is 0.0457 e. The van der Waals surface area contributed by atoms with Crippen LogP contribution in [0.15, 0.2) is 24.4 Å². The third-order valence-corrected chi connectivity index (χ3v) is 3.16. The second-order valence-electron chi connectivity index (χ2n) is 4.41. The van der Waals surface area contributed by atoms with Crippen LogP contribution in [0.4, 0.5) is 0 Å². The molecule has 72 valence electrons. The molecule has 1 saturated carbocycles. The standard InChI is InChI=1S/C12H14N2/c1-8-2-3-11-9(6-8)10(7-14-11)12(13)4-5-12/h2-3,6-7,14H,4-5,13H2,1H3. The van der Waals surface area contributed by atoms with Gasteiger partial charge in [0.25, 0.3) is 0 Å². The van der Waals surface area contributed by atoms with E-state index in [0.717, 1.165) is 12.8 Å². The minimum absolute atomic E-state index is 0.0357. The van der Waals surface area contributed by atoms with Crippen molar-refractivity contribution in [2.45, 2.75) is 25.3 Å². The van der Waals surface area contributed by atoms with Gasteiger partial charge in [-0.1, -0.05) is 11.6 Å². The van der Waals surface area contributed by atoms with Crippen LogP contribution in [0.3, 0.4) is 0 Å². The van der Waals surface area contributed by atoms with Crippen molar-refractivity contribution in [2.24, 2.45) is 5.73 Å². The molecule has 3 N–H and O–H groups in total. The summed E-state index contributed by atoms with van der Waals surface area (Å²) >= 11 is 0. The Morgan fingerprint density at radius 2 is 2.14 bits per heavy atom. The fourth-order valence-electron chi connectivity index (χ4n) is 2.05. The van der Waals surface area contributed by atoms with Gasteiger partial charge in [0.2, 0.25) is 0 Å². The van der Waals surface area contributed by atoms with E-state index in [0.29, 0.717) is 0 Å². The second kappa shape index (κ2) is 2.39. The number of nitrogens with two attached hydrogens (primary N) is 1. The summed E-state index contributed by atoms with van der Waals surface area (Å²) in [5.41, 5.74) is 9.95. The Kier molecular flexibility index (Phi) is 1.38. The molecule has 1 aromatic carbocycles. The number of aromatic amines is 1. The summed E-state index contributed by atoms with van der Waals surface area (Å²) in [6.45, 7) is 2.12. The molecule has 14 heavy (non-hydrogen) atoms. The number of nitrogens with one attached hydrogen (secondary N) is 1. The van der Waals surface area contributed by atoms with Gasteiger partial charge in [-0.15, -0.1) is 0 Å². The SMILES string of the molecule is Cc1ccc2[nH]cc(C3(N)CC3)c2c1. The third-order valence-electron chi connectivity index (χ3n) is 3.16. The number of hydrogen-bond donors (Lipinski definition) is 2. The summed E-state index contributed by atoms with van der Waals surface area (Å²) in [6, 6.07) is 6.46. The molecule has 1 heterocycles. The molecule has 0 amide bonds. The van der Waals surface area contributed by atoms with Crippen molar-refractivity contribution in [3.05, 3.63) is 35.5 Å². The second-order valence-corrected chi connectivity index (χ2v) is 4.41. The van der Waals surface area contributed by atoms with Crippen LogP contribution >= 0.6 is 0 Å². The predicted molar refractivity (Wildman–Crippen MR) is 58.1 cm³/mol. The maximum Gasteiger partial charge on any atom is 0.0457 e. The zero-order valence-electron chi connectivity index (χ0n) is 8.30. The van der Waals surface area contributed by atoms with Crippen molar-refractivity contribution >= 4 is 10.9 Å². The first-order valence-corrected chi connectivity index (χ1v) is 5.06. The van der Waals surface area contributed by atoms with E-state index >= 15 is 0 Å². The highest BCUT2D eigenvalue weighted by atomic mass is 14.8. The molecule has 1 aliphatic rings. The molecular formula is C12H14N2. The number of hydrogen-bond acceptors (Lipinski definition) is 1. The van der Waals surface area contributed by atoms with E-state index < -0.39 is 0 Å². The molecule has 0 aliphatic heterocycles. The van der Waals surface area contributed by atoms with Gasteiger partial charge < -0.3 is 10.7 Å². The van der Waals surface area contributed by atoms with Crippen molar-refractivity contribution < 1.29 is 0 Å². The Morgan fingerprint density at radius 1 is 1.36 bits per heavy atom. The number of aromatic nitrogens is 1. The van der Waals surface area contributed by atoms with E-state index in [1.165, 1.54) is 22.0 Å². The molecule has 2 aromatic rings. The summed E-state index contributed by atoms with van der Waals surface area (Å²) in [4.78, 5) is 3.28. The molecule has 0 radical (unpaired) electrons. The minimum Gasteiger partial charge on any atom is -0.361 e. The molecule has 1 fully saturated rings. The molecule has 1 aliphatic carbocycles. The average molecular weight is 186 g/mol. The van der Waals surface area contributed by atoms with Gasteiger partial charge in [-0.3, -0.25) is 0 Å². The van der Waals surface area contributed by atoms with Gasteiger partial charge in [0.15, 0.2) is 0 Å². The van der Waals surface area contributed by atoms with E-state index in [1.807, 2.05) is 0 Å². The van der Waals surface area contributed by atoms with Gasteiger partial charge in [-0.05, 0) is 37.5 Å². The van der Waals surface area contributed by atoms with Crippen LogP contribution in [-0.4, -0.2) is 4.98 Å².